The van der Waals surface area contributed by atoms with E-state index in [0.717, 1.165) is 29.0 Å². The summed E-state index contributed by atoms with van der Waals surface area (Å²) in [5.41, 5.74) is 4.21. The quantitative estimate of drug-likeness (QED) is 0.0276. The molecule has 7 atom stereocenters. The molecular formula is C27H45N7NaO19P3S. The number of hydrogen-bond acceptors (Lipinski definition) is 19. The van der Waals surface area contributed by atoms with Gasteiger partial charge in [0.25, 0.3) is 0 Å². The predicted molar refractivity (Wildman–Crippen MR) is 194 cm³/mol. The van der Waals surface area contributed by atoms with Crippen molar-refractivity contribution in [2.24, 2.45) is 5.41 Å². The number of aliphatic carboxylic acids is 1. The fourth-order valence-electron chi connectivity index (χ4n) is 4.91. The average molecular weight is 920 g/mol. The Morgan fingerprint density at radius 1 is 1.02 bits per heavy atom. The van der Waals surface area contributed by atoms with Crippen LogP contribution >= 0.6 is 35.2 Å². The fourth-order valence-corrected chi connectivity index (χ4v) is 8.46. The molecule has 324 valence electrons. The van der Waals surface area contributed by atoms with Crippen molar-refractivity contribution in [3.8, 4) is 0 Å². The summed E-state index contributed by atoms with van der Waals surface area (Å²) in [4.78, 5) is 97.8. The van der Waals surface area contributed by atoms with Crippen LogP contribution in [0.4, 0.5) is 5.82 Å². The molecule has 0 bridgehead atoms. The van der Waals surface area contributed by atoms with Gasteiger partial charge in [-0.25, -0.2) is 28.6 Å². The third-order valence-corrected chi connectivity index (χ3v) is 11.8. The molecule has 3 rings (SSSR count). The first-order valence-corrected chi connectivity index (χ1v) is 22.2. The number of hydrogen-bond donors (Lipinski definition) is 10. The minimum absolute atomic E-state index is 0. The molecule has 31 heteroatoms. The smallest absolute Gasteiger partial charge is 1.00 e. The Morgan fingerprint density at radius 3 is 2.33 bits per heavy atom. The van der Waals surface area contributed by atoms with E-state index in [-0.39, 0.29) is 91.2 Å². The van der Waals surface area contributed by atoms with Crippen LogP contribution in [0.2, 0.25) is 0 Å². The third-order valence-electron chi connectivity index (χ3n) is 7.79. The summed E-state index contributed by atoms with van der Waals surface area (Å²) in [5, 5.41) is 34.7. The number of aromatic nitrogens is 4. The second-order valence-corrected chi connectivity index (χ2v) is 18.3. The molecule has 2 unspecified atom stereocenters. The summed E-state index contributed by atoms with van der Waals surface area (Å²) in [5.74, 6) is -2.21. The SMILES string of the molecule is CC(C)(COP(=O)(O)OP(=O)(O)OC[C@H]1O[C@@H](n2cnc3c(N)ncnc32)[C@H](O)[C@@H]1OP(=O)(O)O)[C@@H](O)C(=O)NCCC(=O)NCCSC(=O)CCCCC(=O)O.[H-].[Na+]. The molecule has 1 saturated heterocycles. The predicted octanol–water partition coefficient (Wildman–Crippen LogP) is -3.57. The van der Waals surface area contributed by atoms with Crippen molar-refractivity contribution in [2.45, 2.75) is 76.6 Å². The number of nitrogens with zero attached hydrogens (tertiary/aromatic N) is 4. The monoisotopic (exact) mass is 919 g/mol. The number of carbonyl (C=O) groups excluding carboxylic acids is 3. The standard InChI is InChI=1S/C27H44N7O19P3S.Na.H/c1-27(2,22(40)25(41)30-8-7-16(35)29-9-10-57-18(38)6-4-3-5-17(36)37)12-50-56(47,48)53-55(45,46)49-11-15-21(52-54(42,43)44)20(39)26(51-15)34-14-33-19-23(28)31-13-32-24(19)34;;/h13-15,20-22,26,39-40H,3-12H2,1-2H3,(H,29,35)(H,30,41)(H,36,37)(H,45,46)(H,47,48)(H2,28,31,32)(H2,42,43,44);;/q;+1;-1/t15-,20-,21-,22+,26-;;/m1../s1. The number of imidazole rings is 1. The zero-order valence-electron chi connectivity index (χ0n) is 32.3. The van der Waals surface area contributed by atoms with Gasteiger partial charge in [0.1, 0.15) is 36.3 Å². The molecule has 1 aliphatic heterocycles. The van der Waals surface area contributed by atoms with Gasteiger partial charge < -0.3 is 57.4 Å². The molecule has 1 fully saturated rings. The molecule has 0 spiro atoms. The van der Waals surface area contributed by atoms with Gasteiger partial charge >= 0.3 is 59.0 Å². The number of aliphatic hydroxyl groups excluding tert-OH is 2. The number of phosphoric acid groups is 3. The van der Waals surface area contributed by atoms with Gasteiger partial charge in [-0.15, -0.1) is 0 Å². The Hall–Kier alpha value is -1.97. The molecule has 11 N–H and O–H groups in total. The Labute approximate surface area is 357 Å². The Morgan fingerprint density at radius 2 is 1.67 bits per heavy atom. The number of carboxylic acid groups (broad SMARTS) is 1. The van der Waals surface area contributed by atoms with Crippen molar-refractivity contribution in [1.29, 1.82) is 0 Å². The summed E-state index contributed by atoms with van der Waals surface area (Å²) in [6.45, 7) is 0.319. The number of aliphatic hydroxyl groups is 2. The number of carboxylic acids is 1. The van der Waals surface area contributed by atoms with Gasteiger partial charge in [-0.05, 0) is 12.8 Å². The molecule has 0 saturated carbocycles. The maximum absolute atomic E-state index is 12.7. The van der Waals surface area contributed by atoms with E-state index < -0.39 is 90.5 Å². The van der Waals surface area contributed by atoms with Crippen molar-refractivity contribution in [3.05, 3.63) is 12.7 Å². The van der Waals surface area contributed by atoms with Crippen LogP contribution in [0.15, 0.2) is 12.7 Å². The number of carbonyl (C=O) groups is 4. The van der Waals surface area contributed by atoms with Gasteiger partial charge in [0.2, 0.25) is 11.8 Å². The van der Waals surface area contributed by atoms with Crippen LogP contribution in [-0.4, -0.2) is 134 Å². The number of anilines is 1. The number of phosphoric ester groups is 3. The Bertz CT molecular complexity index is 1900. The van der Waals surface area contributed by atoms with Crippen LogP contribution in [0.1, 0.15) is 53.6 Å². The fraction of sp³-hybridized carbons (Fsp3) is 0.667. The van der Waals surface area contributed by atoms with Crippen LogP contribution < -0.4 is 45.9 Å². The zero-order valence-corrected chi connectivity index (χ0v) is 36.8. The number of nitrogens with two attached hydrogens (primary N) is 1. The van der Waals surface area contributed by atoms with Gasteiger partial charge in [-0.1, -0.05) is 25.6 Å². The molecule has 2 amide bonds. The van der Waals surface area contributed by atoms with Crippen molar-refractivity contribution < 1.29 is 121 Å². The summed E-state index contributed by atoms with van der Waals surface area (Å²) in [7, 11) is -16.4. The number of unbranched alkanes of at least 4 members (excludes halogenated alkanes) is 1. The van der Waals surface area contributed by atoms with Crippen LogP contribution in [0, 0.1) is 5.41 Å². The molecule has 26 nitrogen and oxygen atoms in total. The molecular weight excluding hydrogens is 874 g/mol. The maximum Gasteiger partial charge on any atom is 1.00 e. The molecule has 0 radical (unpaired) electrons. The van der Waals surface area contributed by atoms with Gasteiger partial charge in [0, 0.05) is 43.5 Å². The minimum atomic E-state index is -5.58. The van der Waals surface area contributed by atoms with Crippen molar-refractivity contribution in [3.63, 3.8) is 0 Å². The molecule has 58 heavy (non-hydrogen) atoms. The molecule has 0 aliphatic carbocycles. The van der Waals surface area contributed by atoms with Gasteiger partial charge in [0.05, 0.1) is 19.5 Å². The van der Waals surface area contributed by atoms with E-state index in [2.05, 4.69) is 34.4 Å². The topological polar surface area (TPSA) is 401 Å². The van der Waals surface area contributed by atoms with E-state index in [1.807, 2.05) is 0 Å². The van der Waals surface area contributed by atoms with Crippen LogP contribution in [0.3, 0.4) is 0 Å². The number of thioether (sulfide) groups is 1. The zero-order chi connectivity index (χ0) is 42.8. The number of rotatable bonds is 24. The molecule has 1 aliphatic rings. The number of ether oxygens (including phenoxy) is 1. The first-order chi connectivity index (χ1) is 26.4. The van der Waals surface area contributed by atoms with Gasteiger partial charge in [-0.2, -0.15) is 4.31 Å². The van der Waals surface area contributed by atoms with Crippen molar-refractivity contribution in [1.82, 2.24) is 30.2 Å². The Kier molecular flexibility index (Phi) is 20.5. The van der Waals surface area contributed by atoms with E-state index in [0.29, 0.717) is 12.8 Å². The number of amides is 2. The second-order valence-electron chi connectivity index (χ2n) is 12.9. The molecule has 2 aromatic rings. The Balaban J connectivity index is 0.00000870. The van der Waals surface area contributed by atoms with Gasteiger partial charge in [0.15, 0.2) is 22.8 Å². The molecule has 3 heterocycles. The van der Waals surface area contributed by atoms with Gasteiger partial charge in [-0.3, -0.25) is 37.3 Å². The van der Waals surface area contributed by atoms with E-state index in [1.165, 1.54) is 13.8 Å². The van der Waals surface area contributed by atoms with Crippen LogP contribution in [0.25, 0.3) is 11.2 Å². The average Bonchev–Trinajstić information content (AvgIpc) is 3.66. The van der Waals surface area contributed by atoms with E-state index in [1.54, 1.807) is 0 Å². The normalized spacial score (nSPS) is 21.0. The minimum Gasteiger partial charge on any atom is -1.00 e. The summed E-state index contributed by atoms with van der Waals surface area (Å²) in [6.07, 6.45) is -6.06. The second kappa shape index (κ2) is 22.8. The van der Waals surface area contributed by atoms with Crippen LogP contribution in [0.5, 0.6) is 0 Å². The van der Waals surface area contributed by atoms with Crippen molar-refractivity contribution >= 4 is 75.1 Å². The first-order valence-electron chi connectivity index (χ1n) is 16.7. The number of nitrogen functional groups attached to an aromatic ring is 1. The number of fused-ring (bicyclic) bond motifs is 1. The summed E-state index contributed by atoms with van der Waals surface area (Å²) >= 11 is 0.982. The third kappa shape index (κ3) is 16.8. The van der Waals surface area contributed by atoms with E-state index >= 15 is 0 Å². The van der Waals surface area contributed by atoms with E-state index in [9.17, 15) is 62.7 Å². The van der Waals surface area contributed by atoms with Crippen molar-refractivity contribution in [2.75, 3.05) is 37.8 Å². The van der Waals surface area contributed by atoms with E-state index in [4.69, 9.17) is 24.6 Å². The summed E-state index contributed by atoms with van der Waals surface area (Å²) in [6, 6.07) is 0. The van der Waals surface area contributed by atoms with Crippen LogP contribution in [-0.2, 0) is 55.5 Å². The largest absolute Gasteiger partial charge is 1.00 e. The first kappa shape index (κ1) is 52.2. The molecule has 0 aromatic carbocycles. The maximum atomic E-state index is 12.7. The summed E-state index contributed by atoms with van der Waals surface area (Å²) < 4.78 is 62.0. The number of nitrogens with one attached hydrogen (secondary N) is 2. The molecule has 2 aromatic heterocycles.